The highest BCUT2D eigenvalue weighted by Gasteiger charge is 2.10. The van der Waals surface area contributed by atoms with Crippen LogP contribution in [0.3, 0.4) is 0 Å². The Morgan fingerprint density at radius 2 is 1.38 bits per heavy atom. The molecule has 0 heterocycles. The predicted molar refractivity (Wildman–Crippen MR) is 85.8 cm³/mol. The van der Waals surface area contributed by atoms with E-state index in [0.29, 0.717) is 10.6 Å². The average Bonchev–Trinajstić information content (AvgIpc) is 2.58. The number of nitrogens with one attached hydrogen (secondary N) is 3. The molecule has 0 aliphatic rings. The van der Waals surface area contributed by atoms with Crippen LogP contribution in [0.4, 0.5) is 4.39 Å². The molecule has 0 aromatic heterocycles. The summed E-state index contributed by atoms with van der Waals surface area (Å²) >= 11 is 5.71. The van der Waals surface area contributed by atoms with Crippen LogP contribution in [0.2, 0.25) is 5.02 Å². The molecule has 0 radical (unpaired) electrons. The van der Waals surface area contributed by atoms with Crippen molar-refractivity contribution in [1.82, 2.24) is 16.2 Å². The minimum atomic E-state index is -0.618. The number of hydrogen-bond acceptors (Lipinski definition) is 3. The van der Waals surface area contributed by atoms with Crippen molar-refractivity contribution in [2.75, 3.05) is 6.54 Å². The second kappa shape index (κ2) is 8.07. The third-order valence-electron chi connectivity index (χ3n) is 2.94. The van der Waals surface area contributed by atoms with E-state index in [-0.39, 0.29) is 12.1 Å². The molecule has 0 saturated heterocycles. The maximum Gasteiger partial charge on any atom is 0.269 e. The third-order valence-corrected chi connectivity index (χ3v) is 3.19. The van der Waals surface area contributed by atoms with Gasteiger partial charge in [0.2, 0.25) is 0 Å². The van der Waals surface area contributed by atoms with Gasteiger partial charge < -0.3 is 5.32 Å². The van der Waals surface area contributed by atoms with Crippen molar-refractivity contribution in [3.8, 4) is 0 Å². The van der Waals surface area contributed by atoms with Gasteiger partial charge in [0, 0.05) is 16.1 Å². The van der Waals surface area contributed by atoms with Gasteiger partial charge in [-0.2, -0.15) is 0 Å². The van der Waals surface area contributed by atoms with Crippen LogP contribution in [0, 0.1) is 5.82 Å². The molecular weight excluding hydrogens is 337 g/mol. The zero-order valence-corrected chi connectivity index (χ0v) is 13.1. The molecule has 124 valence electrons. The van der Waals surface area contributed by atoms with Crippen molar-refractivity contribution in [2.24, 2.45) is 0 Å². The highest BCUT2D eigenvalue weighted by atomic mass is 35.5. The normalized spacial score (nSPS) is 9.92. The van der Waals surface area contributed by atoms with Gasteiger partial charge in [-0.05, 0) is 48.5 Å². The van der Waals surface area contributed by atoms with Crippen LogP contribution in [0.5, 0.6) is 0 Å². The average molecular weight is 350 g/mol. The number of rotatable bonds is 4. The molecule has 0 atom stereocenters. The van der Waals surface area contributed by atoms with Gasteiger partial charge in [-0.25, -0.2) is 4.39 Å². The maximum atomic E-state index is 12.8. The van der Waals surface area contributed by atoms with Gasteiger partial charge in [0.25, 0.3) is 17.7 Å². The number of halogens is 2. The first-order valence-electron chi connectivity index (χ1n) is 6.84. The molecular formula is C16H13ClFN3O3. The van der Waals surface area contributed by atoms with Crippen LogP contribution < -0.4 is 16.2 Å². The number of carbonyl (C=O) groups is 3. The molecule has 24 heavy (non-hydrogen) atoms. The lowest BCUT2D eigenvalue weighted by Gasteiger charge is -2.08. The first-order valence-corrected chi connectivity index (χ1v) is 7.22. The molecule has 2 aromatic rings. The van der Waals surface area contributed by atoms with Gasteiger partial charge in [-0.15, -0.1) is 0 Å². The molecule has 0 unspecified atom stereocenters. The maximum absolute atomic E-state index is 12.8. The highest BCUT2D eigenvalue weighted by Crippen LogP contribution is 2.08. The Morgan fingerprint density at radius 3 is 2.00 bits per heavy atom. The monoisotopic (exact) mass is 349 g/mol. The van der Waals surface area contributed by atoms with E-state index in [2.05, 4.69) is 16.2 Å². The molecule has 2 rings (SSSR count). The van der Waals surface area contributed by atoms with Crippen LogP contribution >= 0.6 is 11.6 Å². The molecule has 0 aliphatic carbocycles. The summed E-state index contributed by atoms with van der Waals surface area (Å²) in [7, 11) is 0. The Hall–Kier alpha value is -2.93. The fourth-order valence-corrected chi connectivity index (χ4v) is 1.83. The lowest BCUT2D eigenvalue weighted by Crippen LogP contribution is -2.46. The predicted octanol–water partition coefficient (Wildman–Crippen LogP) is 1.67. The molecule has 3 N–H and O–H groups in total. The fraction of sp³-hybridized carbons (Fsp3) is 0.0625. The zero-order chi connectivity index (χ0) is 17.5. The van der Waals surface area contributed by atoms with Gasteiger partial charge in [0.1, 0.15) is 5.82 Å². The van der Waals surface area contributed by atoms with Crippen molar-refractivity contribution in [3.63, 3.8) is 0 Å². The summed E-state index contributed by atoms with van der Waals surface area (Å²) in [4.78, 5) is 35.1. The third kappa shape index (κ3) is 5.06. The first kappa shape index (κ1) is 17.4. The minimum absolute atomic E-state index is 0.217. The van der Waals surface area contributed by atoms with Gasteiger partial charge >= 0.3 is 0 Å². The topological polar surface area (TPSA) is 87.3 Å². The van der Waals surface area contributed by atoms with Crippen molar-refractivity contribution in [2.45, 2.75) is 0 Å². The second-order valence-corrected chi connectivity index (χ2v) is 5.14. The van der Waals surface area contributed by atoms with Crippen LogP contribution in [-0.2, 0) is 4.79 Å². The molecule has 0 spiro atoms. The van der Waals surface area contributed by atoms with Crippen molar-refractivity contribution in [1.29, 1.82) is 0 Å². The van der Waals surface area contributed by atoms with Crippen LogP contribution in [0.1, 0.15) is 20.7 Å². The summed E-state index contributed by atoms with van der Waals surface area (Å²) < 4.78 is 12.8. The second-order valence-electron chi connectivity index (χ2n) is 4.70. The van der Waals surface area contributed by atoms with E-state index >= 15 is 0 Å². The Labute approximate surface area is 142 Å². The number of benzene rings is 2. The molecule has 3 amide bonds. The van der Waals surface area contributed by atoms with E-state index in [0.717, 1.165) is 12.1 Å². The molecule has 6 nitrogen and oxygen atoms in total. The lowest BCUT2D eigenvalue weighted by atomic mass is 10.2. The summed E-state index contributed by atoms with van der Waals surface area (Å²) in [5, 5.41) is 2.83. The smallest absolute Gasteiger partial charge is 0.269 e. The van der Waals surface area contributed by atoms with Crippen molar-refractivity contribution in [3.05, 3.63) is 70.5 Å². The Bertz CT molecular complexity index is 685. The molecule has 0 bridgehead atoms. The lowest BCUT2D eigenvalue weighted by molar-refractivity contribution is -0.120. The number of hydrazine groups is 1. The van der Waals surface area contributed by atoms with Crippen molar-refractivity contribution >= 4 is 29.3 Å². The summed E-state index contributed by atoms with van der Waals surface area (Å²) in [6, 6.07) is 11.0. The van der Waals surface area contributed by atoms with Gasteiger partial charge in [-0.3, -0.25) is 25.2 Å². The largest absolute Gasteiger partial charge is 0.343 e. The van der Waals surface area contributed by atoms with Crippen LogP contribution in [0.15, 0.2) is 48.5 Å². The Morgan fingerprint density at radius 1 is 0.833 bits per heavy atom. The number of carbonyl (C=O) groups excluding carboxylic acids is 3. The number of amides is 3. The number of hydrogen-bond donors (Lipinski definition) is 3. The molecule has 0 saturated carbocycles. The van der Waals surface area contributed by atoms with E-state index in [1.807, 2.05) is 0 Å². The summed E-state index contributed by atoms with van der Waals surface area (Å²) in [6.07, 6.45) is 0. The van der Waals surface area contributed by atoms with Crippen LogP contribution in [-0.4, -0.2) is 24.3 Å². The summed E-state index contributed by atoms with van der Waals surface area (Å²) in [5.41, 5.74) is 4.90. The fourth-order valence-electron chi connectivity index (χ4n) is 1.71. The van der Waals surface area contributed by atoms with Crippen LogP contribution in [0.25, 0.3) is 0 Å². The van der Waals surface area contributed by atoms with E-state index < -0.39 is 23.5 Å². The minimum Gasteiger partial charge on any atom is -0.343 e. The van der Waals surface area contributed by atoms with Crippen molar-refractivity contribution < 1.29 is 18.8 Å². The molecule has 8 heteroatoms. The Kier molecular flexibility index (Phi) is 5.86. The standard InChI is InChI=1S/C16H13ClFN3O3/c17-12-5-1-11(2-6-12)16(24)21-20-14(22)9-19-15(23)10-3-7-13(18)8-4-10/h1-8H,9H2,(H,19,23)(H,20,22)(H,21,24). The quantitative estimate of drug-likeness (QED) is 0.734. The van der Waals surface area contributed by atoms with E-state index in [1.54, 1.807) is 12.1 Å². The van der Waals surface area contributed by atoms with E-state index in [9.17, 15) is 18.8 Å². The van der Waals surface area contributed by atoms with E-state index in [1.165, 1.54) is 24.3 Å². The van der Waals surface area contributed by atoms with E-state index in [4.69, 9.17) is 11.6 Å². The van der Waals surface area contributed by atoms with Gasteiger partial charge in [-0.1, -0.05) is 11.6 Å². The summed E-state index contributed by atoms with van der Waals surface area (Å²) in [6.45, 7) is -0.350. The SMILES string of the molecule is O=C(CNC(=O)c1ccc(F)cc1)NNC(=O)c1ccc(Cl)cc1. The first-order chi connectivity index (χ1) is 11.5. The molecule has 0 aliphatic heterocycles. The Balaban J connectivity index is 1.77. The highest BCUT2D eigenvalue weighted by molar-refractivity contribution is 6.30. The summed E-state index contributed by atoms with van der Waals surface area (Å²) in [5.74, 6) is -2.14. The zero-order valence-electron chi connectivity index (χ0n) is 12.3. The molecule has 2 aromatic carbocycles. The van der Waals surface area contributed by atoms with Gasteiger partial charge in [0.05, 0.1) is 6.54 Å². The molecule has 0 fully saturated rings. The van der Waals surface area contributed by atoms with Gasteiger partial charge in [0.15, 0.2) is 0 Å².